The molecule has 1 heterocycles. The molecule has 6 nitrogen and oxygen atoms in total. The third-order valence-corrected chi connectivity index (χ3v) is 4.03. The summed E-state index contributed by atoms with van der Waals surface area (Å²) in [6, 6.07) is 13.7. The van der Waals surface area contributed by atoms with Crippen LogP contribution in [0.1, 0.15) is 18.1 Å². The van der Waals surface area contributed by atoms with E-state index in [1.807, 2.05) is 56.3 Å². The van der Waals surface area contributed by atoms with Gasteiger partial charge in [-0.15, -0.1) is 0 Å². The Morgan fingerprint density at radius 1 is 1.19 bits per heavy atom. The largest absolute Gasteiger partial charge is 0.493 e. The maximum absolute atomic E-state index is 5.53. The van der Waals surface area contributed by atoms with Gasteiger partial charge in [-0.2, -0.15) is 14.9 Å². The highest BCUT2D eigenvalue weighted by Crippen LogP contribution is 2.27. The highest BCUT2D eigenvalue weighted by atomic mass is 32.1. The number of ether oxygens (including phenoxy) is 2. The predicted octanol–water partition coefficient (Wildman–Crippen LogP) is 4.21. The van der Waals surface area contributed by atoms with Crippen molar-refractivity contribution in [3.8, 4) is 22.9 Å². The molecule has 3 aromatic rings. The minimum absolute atomic E-state index is 0.426. The van der Waals surface area contributed by atoms with E-state index in [9.17, 15) is 0 Å². The summed E-state index contributed by atoms with van der Waals surface area (Å²) in [5.41, 5.74) is 2.98. The maximum Gasteiger partial charge on any atom is 0.216 e. The first-order chi connectivity index (χ1) is 12.6. The van der Waals surface area contributed by atoms with Crippen LogP contribution in [0, 0.1) is 11.7 Å². The van der Waals surface area contributed by atoms with Gasteiger partial charge in [0, 0.05) is 5.56 Å². The molecule has 26 heavy (non-hydrogen) atoms. The van der Waals surface area contributed by atoms with Gasteiger partial charge in [-0.25, -0.2) is 5.10 Å². The van der Waals surface area contributed by atoms with Crippen LogP contribution in [0.3, 0.4) is 0 Å². The molecule has 0 aliphatic heterocycles. The second kappa shape index (κ2) is 7.97. The third kappa shape index (κ3) is 3.83. The molecule has 134 valence electrons. The Kier molecular flexibility index (Phi) is 5.48. The van der Waals surface area contributed by atoms with Gasteiger partial charge < -0.3 is 9.47 Å². The van der Waals surface area contributed by atoms with Crippen LogP contribution in [-0.4, -0.2) is 34.8 Å². The minimum Gasteiger partial charge on any atom is -0.493 e. The van der Waals surface area contributed by atoms with Gasteiger partial charge in [0.05, 0.1) is 19.9 Å². The molecule has 0 atom stereocenters. The molecule has 3 rings (SSSR count). The summed E-state index contributed by atoms with van der Waals surface area (Å²) in [5.74, 6) is 2.02. The van der Waals surface area contributed by atoms with Gasteiger partial charge >= 0.3 is 0 Å². The number of nitrogens with one attached hydrogen (secondary N) is 1. The van der Waals surface area contributed by atoms with E-state index in [2.05, 4.69) is 15.3 Å². The number of aromatic nitrogens is 3. The lowest BCUT2D eigenvalue weighted by Gasteiger charge is -2.09. The van der Waals surface area contributed by atoms with Crippen molar-refractivity contribution in [2.75, 3.05) is 13.7 Å². The van der Waals surface area contributed by atoms with Gasteiger partial charge in [0.15, 0.2) is 17.3 Å². The van der Waals surface area contributed by atoms with Crippen molar-refractivity contribution in [3.63, 3.8) is 0 Å². The smallest absolute Gasteiger partial charge is 0.216 e. The van der Waals surface area contributed by atoms with Crippen molar-refractivity contribution in [1.29, 1.82) is 0 Å². The molecule has 0 saturated carbocycles. The number of nitrogens with zero attached hydrogens (tertiary/aromatic N) is 3. The third-order valence-electron chi connectivity index (χ3n) is 3.77. The number of methoxy groups -OCH3 is 1. The summed E-state index contributed by atoms with van der Waals surface area (Å²) in [7, 11) is 1.61. The van der Waals surface area contributed by atoms with E-state index in [0.29, 0.717) is 28.7 Å². The molecular formula is C19H20N4O2S. The molecule has 0 bridgehead atoms. The molecular weight excluding hydrogens is 348 g/mol. The molecule has 0 fully saturated rings. The molecule has 1 N–H and O–H groups in total. The van der Waals surface area contributed by atoms with Crippen molar-refractivity contribution in [3.05, 3.63) is 58.4 Å². The van der Waals surface area contributed by atoms with Crippen molar-refractivity contribution in [2.24, 2.45) is 5.10 Å². The normalized spacial score (nSPS) is 11.0. The summed E-state index contributed by atoms with van der Waals surface area (Å²) in [6.45, 7) is 4.55. The lowest BCUT2D eigenvalue weighted by Crippen LogP contribution is -1.97. The number of aromatic amines is 1. The average Bonchev–Trinajstić information content (AvgIpc) is 3.02. The zero-order valence-corrected chi connectivity index (χ0v) is 15.7. The SMILES string of the molecule is CCOc1ccc(/C=N\n2c(-c3ccc(C)cc3)n[nH]c2=S)cc1OC. The number of hydrogen-bond donors (Lipinski definition) is 1. The number of aryl methyl sites for hydroxylation is 1. The van der Waals surface area contributed by atoms with Crippen molar-refractivity contribution in [2.45, 2.75) is 13.8 Å². The lowest BCUT2D eigenvalue weighted by atomic mass is 10.1. The highest BCUT2D eigenvalue weighted by molar-refractivity contribution is 7.71. The van der Waals surface area contributed by atoms with Crippen molar-refractivity contribution >= 4 is 18.4 Å². The molecule has 0 spiro atoms. The monoisotopic (exact) mass is 368 g/mol. The zero-order valence-electron chi connectivity index (χ0n) is 14.9. The van der Waals surface area contributed by atoms with Gasteiger partial charge in [0.1, 0.15) is 0 Å². The zero-order chi connectivity index (χ0) is 18.5. The Morgan fingerprint density at radius 2 is 1.96 bits per heavy atom. The number of rotatable bonds is 6. The van der Waals surface area contributed by atoms with Crippen LogP contribution >= 0.6 is 12.2 Å². The van der Waals surface area contributed by atoms with Gasteiger partial charge in [-0.1, -0.05) is 29.8 Å². The second-order valence-corrected chi connectivity index (χ2v) is 6.00. The summed E-state index contributed by atoms with van der Waals surface area (Å²) < 4.78 is 12.9. The Balaban J connectivity index is 1.93. The number of H-pyrrole nitrogens is 1. The molecule has 1 aromatic heterocycles. The fourth-order valence-corrected chi connectivity index (χ4v) is 2.63. The Bertz CT molecular complexity index is 974. The van der Waals surface area contributed by atoms with E-state index in [4.69, 9.17) is 21.7 Å². The van der Waals surface area contributed by atoms with Gasteiger partial charge in [-0.05, 0) is 49.8 Å². The summed E-state index contributed by atoms with van der Waals surface area (Å²) in [6.07, 6.45) is 1.71. The molecule has 7 heteroatoms. The minimum atomic E-state index is 0.426. The van der Waals surface area contributed by atoms with Crippen LogP contribution in [-0.2, 0) is 0 Å². The van der Waals surface area contributed by atoms with Crippen LogP contribution in [0.25, 0.3) is 11.4 Å². The average molecular weight is 368 g/mol. The Hall–Kier alpha value is -2.93. The van der Waals surface area contributed by atoms with Crippen LogP contribution in [0.15, 0.2) is 47.6 Å². The van der Waals surface area contributed by atoms with Gasteiger partial charge in [0.2, 0.25) is 4.77 Å². The van der Waals surface area contributed by atoms with Crippen LogP contribution in [0.5, 0.6) is 11.5 Å². The molecule has 0 aliphatic rings. The second-order valence-electron chi connectivity index (χ2n) is 5.62. The lowest BCUT2D eigenvalue weighted by molar-refractivity contribution is 0.311. The van der Waals surface area contributed by atoms with Gasteiger partial charge in [0.25, 0.3) is 0 Å². The van der Waals surface area contributed by atoms with E-state index in [1.54, 1.807) is 18.0 Å². The van der Waals surface area contributed by atoms with E-state index in [0.717, 1.165) is 11.1 Å². The Labute approximate surface area is 157 Å². The Morgan fingerprint density at radius 3 is 2.65 bits per heavy atom. The van der Waals surface area contributed by atoms with Crippen LogP contribution in [0.2, 0.25) is 0 Å². The number of hydrogen-bond acceptors (Lipinski definition) is 5. The van der Waals surface area contributed by atoms with Crippen molar-refractivity contribution in [1.82, 2.24) is 14.9 Å². The standard InChI is InChI=1S/C19H20N4O2S/c1-4-25-16-10-7-14(11-17(16)24-3)12-20-23-18(21-22-19(23)26)15-8-5-13(2)6-9-15/h5-12H,4H2,1-3H3,(H,22,26)/b20-12-. The number of benzene rings is 2. The molecule has 2 aromatic carbocycles. The molecule has 0 radical (unpaired) electrons. The summed E-state index contributed by atoms with van der Waals surface area (Å²) in [5, 5.41) is 11.6. The van der Waals surface area contributed by atoms with Gasteiger partial charge in [-0.3, -0.25) is 0 Å². The first kappa shape index (κ1) is 17.9. The fourth-order valence-electron chi connectivity index (χ4n) is 2.45. The maximum atomic E-state index is 5.53. The first-order valence-electron chi connectivity index (χ1n) is 8.22. The fraction of sp³-hybridized carbons (Fsp3) is 0.211. The molecule has 0 amide bonds. The highest BCUT2D eigenvalue weighted by Gasteiger charge is 2.08. The predicted molar refractivity (Wildman–Crippen MR) is 105 cm³/mol. The van der Waals surface area contributed by atoms with Crippen molar-refractivity contribution < 1.29 is 9.47 Å². The topological polar surface area (TPSA) is 64.4 Å². The summed E-state index contributed by atoms with van der Waals surface area (Å²) in [4.78, 5) is 0. The van der Waals surface area contributed by atoms with E-state index in [-0.39, 0.29) is 0 Å². The first-order valence-corrected chi connectivity index (χ1v) is 8.63. The molecule has 0 saturated heterocycles. The van der Waals surface area contributed by atoms with Crippen LogP contribution < -0.4 is 9.47 Å². The quantitative estimate of drug-likeness (QED) is 0.523. The summed E-state index contributed by atoms with van der Waals surface area (Å²) >= 11 is 5.30. The molecule has 0 unspecified atom stereocenters. The molecule has 0 aliphatic carbocycles. The van der Waals surface area contributed by atoms with E-state index in [1.165, 1.54) is 5.56 Å². The van der Waals surface area contributed by atoms with E-state index >= 15 is 0 Å². The van der Waals surface area contributed by atoms with Crippen LogP contribution in [0.4, 0.5) is 0 Å². The van der Waals surface area contributed by atoms with E-state index < -0.39 is 0 Å².